The van der Waals surface area contributed by atoms with Gasteiger partial charge in [0.2, 0.25) is 6.79 Å². The van der Waals surface area contributed by atoms with Crippen LogP contribution in [0.2, 0.25) is 0 Å². The zero-order valence-corrected chi connectivity index (χ0v) is 18.3. The highest BCUT2D eigenvalue weighted by molar-refractivity contribution is 5.98. The predicted molar refractivity (Wildman–Crippen MR) is 114 cm³/mol. The van der Waals surface area contributed by atoms with Crippen LogP contribution in [0.5, 0.6) is 0 Å². The number of nitrogens with zero attached hydrogens (tertiary/aromatic N) is 1. The zero-order chi connectivity index (χ0) is 21.6. The maximum atomic E-state index is 12.8. The molecule has 5 heteroatoms. The molecule has 0 saturated heterocycles. The van der Waals surface area contributed by atoms with Gasteiger partial charge in [0, 0.05) is 5.69 Å². The Kier molecular flexibility index (Phi) is 7.54. The number of hydrogen-bond acceptors (Lipinski definition) is 5. The summed E-state index contributed by atoms with van der Waals surface area (Å²) in [5.41, 5.74) is 4.17. The lowest BCUT2D eigenvalue weighted by Crippen LogP contribution is -2.25. The van der Waals surface area contributed by atoms with E-state index >= 15 is 0 Å². The second-order valence-corrected chi connectivity index (χ2v) is 8.32. The third kappa shape index (κ3) is 6.14. The van der Waals surface area contributed by atoms with Gasteiger partial charge in [-0.2, -0.15) is 0 Å². The lowest BCUT2D eigenvalue weighted by Gasteiger charge is -2.17. The summed E-state index contributed by atoms with van der Waals surface area (Å²) in [4.78, 5) is 29.3. The maximum Gasteiger partial charge on any atom is 0.343 e. The molecule has 156 valence electrons. The summed E-state index contributed by atoms with van der Waals surface area (Å²) < 4.78 is 10.3. The van der Waals surface area contributed by atoms with E-state index in [1.807, 2.05) is 44.2 Å². The average Bonchev–Trinajstić information content (AvgIpc) is 2.65. The summed E-state index contributed by atoms with van der Waals surface area (Å²) in [5, 5.41) is 0. The number of hydrogen-bond donors (Lipinski definition) is 0. The highest BCUT2D eigenvalue weighted by Crippen LogP contribution is 2.28. The number of aromatic nitrogens is 1. The van der Waals surface area contributed by atoms with Crippen molar-refractivity contribution < 1.29 is 19.1 Å². The second-order valence-electron chi connectivity index (χ2n) is 8.32. The number of unbranched alkanes of at least 4 members (excludes halogenated alkanes) is 1. The molecule has 0 atom stereocenters. The maximum absolute atomic E-state index is 12.8. The van der Waals surface area contributed by atoms with Crippen LogP contribution in [0.1, 0.15) is 67.8 Å². The molecule has 0 fully saturated rings. The Morgan fingerprint density at radius 3 is 2.28 bits per heavy atom. The molecule has 0 aliphatic rings. The molecule has 0 spiro atoms. The highest BCUT2D eigenvalue weighted by Gasteiger charge is 2.24. The van der Waals surface area contributed by atoms with Crippen LogP contribution in [0.25, 0.3) is 11.1 Å². The molecule has 1 aromatic heterocycles. The number of carbonyl (C=O) groups is 2. The summed E-state index contributed by atoms with van der Waals surface area (Å²) in [5.74, 6) is -0.969. The minimum atomic E-state index is -0.655. The number of aryl methyl sites for hydroxylation is 3. The quantitative estimate of drug-likeness (QED) is 0.461. The number of carbonyl (C=O) groups excluding carboxylic acids is 2. The van der Waals surface area contributed by atoms with Crippen molar-refractivity contribution in [1.82, 2.24) is 4.98 Å². The van der Waals surface area contributed by atoms with E-state index in [1.54, 1.807) is 20.8 Å². The number of rotatable bonds is 7. The fourth-order valence-corrected chi connectivity index (χ4v) is 2.87. The van der Waals surface area contributed by atoms with Crippen molar-refractivity contribution in [3.63, 3.8) is 0 Å². The first kappa shape index (κ1) is 22.6. The number of esters is 2. The summed E-state index contributed by atoms with van der Waals surface area (Å²) in [6, 6.07) is 9.97. The van der Waals surface area contributed by atoms with Gasteiger partial charge >= 0.3 is 11.9 Å². The fraction of sp³-hybridized carbons (Fsp3) is 0.458. The first-order chi connectivity index (χ1) is 13.6. The molecule has 2 aromatic rings. The van der Waals surface area contributed by atoms with Crippen molar-refractivity contribution in [1.29, 1.82) is 0 Å². The Hall–Kier alpha value is -2.69. The molecular formula is C24H31NO4. The SMILES string of the molecule is CCCCc1cc(-c2ccc(C)cc2)c(C(=O)OCOC(=O)C(C)(C)C)c(C)n1. The Morgan fingerprint density at radius 1 is 1.03 bits per heavy atom. The Labute approximate surface area is 173 Å². The van der Waals surface area contributed by atoms with Gasteiger partial charge in [-0.1, -0.05) is 43.2 Å². The van der Waals surface area contributed by atoms with E-state index in [1.165, 1.54) is 0 Å². The third-order valence-electron chi connectivity index (χ3n) is 4.60. The molecule has 0 radical (unpaired) electrons. The van der Waals surface area contributed by atoms with E-state index in [9.17, 15) is 9.59 Å². The van der Waals surface area contributed by atoms with E-state index in [0.29, 0.717) is 11.3 Å². The average molecular weight is 398 g/mol. The molecule has 29 heavy (non-hydrogen) atoms. The summed E-state index contributed by atoms with van der Waals surface area (Å²) in [7, 11) is 0. The van der Waals surface area contributed by atoms with Crippen LogP contribution in [-0.4, -0.2) is 23.7 Å². The van der Waals surface area contributed by atoms with Crippen molar-refractivity contribution >= 4 is 11.9 Å². The van der Waals surface area contributed by atoms with Gasteiger partial charge in [-0.25, -0.2) is 4.79 Å². The van der Waals surface area contributed by atoms with E-state index in [0.717, 1.165) is 41.6 Å². The van der Waals surface area contributed by atoms with Gasteiger partial charge in [0.1, 0.15) is 0 Å². The Balaban J connectivity index is 2.32. The molecule has 2 rings (SSSR count). The Morgan fingerprint density at radius 2 is 1.69 bits per heavy atom. The summed E-state index contributed by atoms with van der Waals surface area (Å²) >= 11 is 0. The van der Waals surface area contributed by atoms with Gasteiger partial charge in [-0.3, -0.25) is 9.78 Å². The highest BCUT2D eigenvalue weighted by atomic mass is 16.7. The van der Waals surface area contributed by atoms with Gasteiger partial charge in [0.25, 0.3) is 0 Å². The molecule has 0 aliphatic carbocycles. The molecule has 0 aliphatic heterocycles. The lowest BCUT2D eigenvalue weighted by atomic mass is 9.96. The van der Waals surface area contributed by atoms with Crippen LogP contribution in [0.15, 0.2) is 30.3 Å². The van der Waals surface area contributed by atoms with Crippen molar-refractivity contribution in [3.05, 3.63) is 52.8 Å². The van der Waals surface area contributed by atoms with Crippen LogP contribution in [-0.2, 0) is 20.7 Å². The predicted octanol–water partition coefficient (Wildman–Crippen LogP) is 5.41. The van der Waals surface area contributed by atoms with Gasteiger partial charge < -0.3 is 9.47 Å². The molecule has 0 bridgehead atoms. The molecule has 0 amide bonds. The normalized spacial score (nSPS) is 11.2. The molecule has 0 N–H and O–H groups in total. The van der Waals surface area contributed by atoms with Gasteiger partial charge in [-0.05, 0) is 64.7 Å². The summed E-state index contributed by atoms with van der Waals surface area (Å²) in [6.07, 6.45) is 2.96. The monoisotopic (exact) mass is 397 g/mol. The molecular weight excluding hydrogens is 366 g/mol. The minimum absolute atomic E-state index is 0.404. The first-order valence-corrected chi connectivity index (χ1v) is 10.1. The second kappa shape index (κ2) is 9.68. The van der Waals surface area contributed by atoms with E-state index < -0.39 is 24.1 Å². The minimum Gasteiger partial charge on any atom is -0.427 e. The molecule has 0 unspecified atom stereocenters. The molecule has 1 heterocycles. The zero-order valence-electron chi connectivity index (χ0n) is 18.3. The van der Waals surface area contributed by atoms with Crippen LogP contribution < -0.4 is 0 Å². The topological polar surface area (TPSA) is 65.5 Å². The van der Waals surface area contributed by atoms with E-state index in [2.05, 4.69) is 11.9 Å². The number of ether oxygens (including phenoxy) is 2. The third-order valence-corrected chi connectivity index (χ3v) is 4.60. The molecule has 1 aromatic carbocycles. The fourth-order valence-electron chi connectivity index (χ4n) is 2.87. The number of pyridine rings is 1. The standard InChI is InChI=1S/C24H31NO4/c1-7-8-9-19-14-20(18-12-10-16(2)11-13-18)21(17(3)25-19)22(26)28-15-29-23(27)24(4,5)6/h10-14H,7-9,15H2,1-6H3. The van der Waals surface area contributed by atoms with E-state index in [4.69, 9.17) is 9.47 Å². The molecule has 5 nitrogen and oxygen atoms in total. The van der Waals surface area contributed by atoms with Gasteiger partial charge in [0.15, 0.2) is 0 Å². The van der Waals surface area contributed by atoms with Crippen molar-refractivity contribution in [2.75, 3.05) is 6.79 Å². The largest absolute Gasteiger partial charge is 0.427 e. The summed E-state index contributed by atoms with van der Waals surface area (Å²) in [6.45, 7) is 10.8. The first-order valence-electron chi connectivity index (χ1n) is 10.1. The van der Waals surface area contributed by atoms with E-state index in [-0.39, 0.29) is 0 Å². The smallest absolute Gasteiger partial charge is 0.343 e. The van der Waals surface area contributed by atoms with Crippen molar-refractivity contribution in [2.24, 2.45) is 5.41 Å². The van der Waals surface area contributed by atoms with Crippen molar-refractivity contribution in [3.8, 4) is 11.1 Å². The van der Waals surface area contributed by atoms with Crippen LogP contribution in [0.3, 0.4) is 0 Å². The Bertz CT molecular complexity index is 864. The molecule has 0 saturated carbocycles. The number of benzene rings is 1. The van der Waals surface area contributed by atoms with Crippen molar-refractivity contribution in [2.45, 2.75) is 60.8 Å². The lowest BCUT2D eigenvalue weighted by molar-refractivity contribution is -0.161. The van der Waals surface area contributed by atoms with Gasteiger partial charge in [0.05, 0.1) is 16.7 Å². The van der Waals surface area contributed by atoms with Gasteiger partial charge in [-0.15, -0.1) is 0 Å². The van der Waals surface area contributed by atoms with Crippen LogP contribution in [0.4, 0.5) is 0 Å². The van der Waals surface area contributed by atoms with Crippen LogP contribution in [0, 0.1) is 19.3 Å². The van der Waals surface area contributed by atoms with Crippen LogP contribution >= 0.6 is 0 Å².